The Morgan fingerprint density at radius 3 is 2.54 bits per heavy atom. The standard InChI is InChI=1S/C18H12F3N5OS/c1-10-4-6-11(7-5-10)22-16(27)15-24-17-23-12(13-3-2-8-28-13)9-14(18(19,20)21)26(17)25-15/h2-9H,1H3,(H,22,27). The first-order chi connectivity index (χ1) is 13.3. The monoisotopic (exact) mass is 403 g/mol. The number of carbonyl (C=O) groups is 1. The van der Waals surface area contributed by atoms with Crippen LogP contribution in [0, 0.1) is 6.92 Å². The first-order valence-corrected chi connectivity index (χ1v) is 8.96. The molecule has 0 radical (unpaired) electrons. The molecule has 4 rings (SSSR count). The van der Waals surface area contributed by atoms with Gasteiger partial charge in [0.15, 0.2) is 5.69 Å². The SMILES string of the molecule is Cc1ccc(NC(=O)c2nc3nc(-c4cccs4)cc(C(F)(F)F)n3n2)cc1. The van der Waals surface area contributed by atoms with E-state index >= 15 is 0 Å². The van der Waals surface area contributed by atoms with Gasteiger partial charge in [-0.15, -0.1) is 16.4 Å². The van der Waals surface area contributed by atoms with Crippen molar-refractivity contribution in [2.75, 3.05) is 5.32 Å². The number of aromatic nitrogens is 4. The van der Waals surface area contributed by atoms with E-state index in [0.717, 1.165) is 11.6 Å². The molecular formula is C18H12F3N5OS. The lowest BCUT2D eigenvalue weighted by Gasteiger charge is -2.09. The second kappa shape index (κ2) is 6.71. The fraction of sp³-hybridized carbons (Fsp3) is 0.111. The van der Waals surface area contributed by atoms with Crippen molar-refractivity contribution in [3.8, 4) is 10.6 Å². The van der Waals surface area contributed by atoms with Gasteiger partial charge in [-0.05, 0) is 36.6 Å². The molecule has 4 aromatic rings. The van der Waals surface area contributed by atoms with Crippen LogP contribution in [0.15, 0.2) is 47.8 Å². The van der Waals surface area contributed by atoms with Gasteiger partial charge in [-0.3, -0.25) is 4.79 Å². The van der Waals surface area contributed by atoms with Crippen LogP contribution in [-0.2, 0) is 6.18 Å². The van der Waals surface area contributed by atoms with E-state index in [2.05, 4.69) is 20.4 Å². The molecule has 0 saturated heterocycles. The van der Waals surface area contributed by atoms with Crippen LogP contribution in [0.4, 0.5) is 18.9 Å². The maximum atomic E-state index is 13.5. The molecule has 0 fully saturated rings. The van der Waals surface area contributed by atoms with Crippen molar-refractivity contribution >= 4 is 28.7 Å². The topological polar surface area (TPSA) is 72.2 Å². The summed E-state index contributed by atoms with van der Waals surface area (Å²) in [6, 6.07) is 11.2. The molecule has 3 heterocycles. The van der Waals surface area contributed by atoms with Gasteiger partial charge in [0.2, 0.25) is 5.82 Å². The van der Waals surface area contributed by atoms with E-state index in [1.165, 1.54) is 11.3 Å². The van der Waals surface area contributed by atoms with Gasteiger partial charge in [0.25, 0.3) is 11.7 Å². The summed E-state index contributed by atoms with van der Waals surface area (Å²) >= 11 is 1.25. The first kappa shape index (κ1) is 18.1. The van der Waals surface area contributed by atoms with E-state index in [1.54, 1.807) is 41.8 Å². The van der Waals surface area contributed by atoms with Gasteiger partial charge in [0, 0.05) is 5.69 Å². The van der Waals surface area contributed by atoms with Crippen molar-refractivity contribution in [3.05, 3.63) is 64.9 Å². The Hall–Kier alpha value is -3.27. The number of halogens is 3. The van der Waals surface area contributed by atoms with Gasteiger partial charge >= 0.3 is 6.18 Å². The maximum absolute atomic E-state index is 13.5. The van der Waals surface area contributed by atoms with E-state index in [-0.39, 0.29) is 11.5 Å². The molecule has 6 nitrogen and oxygen atoms in total. The fourth-order valence-electron chi connectivity index (χ4n) is 2.54. The lowest BCUT2D eigenvalue weighted by Crippen LogP contribution is -2.16. The minimum Gasteiger partial charge on any atom is -0.319 e. The molecule has 3 aromatic heterocycles. The third-order valence-electron chi connectivity index (χ3n) is 3.89. The number of aryl methyl sites for hydroxylation is 1. The largest absolute Gasteiger partial charge is 0.433 e. The molecule has 0 aliphatic heterocycles. The highest BCUT2D eigenvalue weighted by atomic mass is 32.1. The lowest BCUT2D eigenvalue weighted by atomic mass is 10.2. The van der Waals surface area contributed by atoms with Crippen LogP contribution in [0.2, 0.25) is 0 Å². The molecule has 0 saturated carbocycles. The summed E-state index contributed by atoms with van der Waals surface area (Å²) in [6.45, 7) is 1.89. The van der Waals surface area contributed by atoms with Crippen LogP contribution >= 0.6 is 11.3 Å². The number of amides is 1. The number of carbonyl (C=O) groups excluding carboxylic acids is 1. The van der Waals surface area contributed by atoms with E-state index in [9.17, 15) is 18.0 Å². The van der Waals surface area contributed by atoms with Crippen LogP contribution in [-0.4, -0.2) is 25.5 Å². The lowest BCUT2D eigenvalue weighted by molar-refractivity contribution is -0.142. The Balaban J connectivity index is 1.77. The molecule has 1 aromatic carbocycles. The highest BCUT2D eigenvalue weighted by Gasteiger charge is 2.36. The van der Waals surface area contributed by atoms with Crippen LogP contribution < -0.4 is 5.32 Å². The Morgan fingerprint density at radius 2 is 1.89 bits per heavy atom. The Labute approximate surface area is 160 Å². The molecule has 0 atom stereocenters. The zero-order valence-electron chi connectivity index (χ0n) is 14.4. The van der Waals surface area contributed by atoms with E-state index in [1.807, 2.05) is 6.92 Å². The zero-order chi connectivity index (χ0) is 19.9. The van der Waals surface area contributed by atoms with E-state index in [4.69, 9.17) is 0 Å². The first-order valence-electron chi connectivity index (χ1n) is 8.08. The van der Waals surface area contributed by atoms with E-state index < -0.39 is 23.6 Å². The molecule has 0 unspecified atom stereocenters. The predicted molar refractivity (Wildman–Crippen MR) is 98.2 cm³/mol. The highest BCUT2D eigenvalue weighted by Crippen LogP contribution is 2.33. The summed E-state index contributed by atoms with van der Waals surface area (Å²) in [7, 11) is 0. The van der Waals surface area contributed by atoms with Crippen LogP contribution in [0.3, 0.4) is 0 Å². The van der Waals surface area contributed by atoms with Gasteiger partial charge < -0.3 is 5.32 Å². The number of nitrogens with one attached hydrogen (secondary N) is 1. The minimum absolute atomic E-state index is 0.118. The van der Waals surface area contributed by atoms with Crippen molar-refractivity contribution < 1.29 is 18.0 Å². The number of rotatable bonds is 3. The van der Waals surface area contributed by atoms with Crippen LogP contribution in [0.25, 0.3) is 16.3 Å². The smallest absolute Gasteiger partial charge is 0.319 e. The highest BCUT2D eigenvalue weighted by molar-refractivity contribution is 7.13. The predicted octanol–water partition coefficient (Wildman–Crippen LogP) is 4.43. The van der Waals surface area contributed by atoms with Crippen LogP contribution in [0.1, 0.15) is 21.9 Å². The molecule has 0 spiro atoms. The summed E-state index contributed by atoms with van der Waals surface area (Å²) < 4.78 is 41.1. The van der Waals surface area contributed by atoms with Gasteiger partial charge in [0.1, 0.15) is 0 Å². The molecule has 28 heavy (non-hydrogen) atoms. The average molecular weight is 403 g/mol. The molecule has 1 amide bonds. The van der Waals surface area contributed by atoms with Gasteiger partial charge in [-0.1, -0.05) is 23.8 Å². The van der Waals surface area contributed by atoms with Gasteiger partial charge in [-0.25, -0.2) is 4.98 Å². The number of hydrogen-bond donors (Lipinski definition) is 1. The van der Waals surface area contributed by atoms with Crippen LogP contribution in [0.5, 0.6) is 0 Å². The number of thiophene rings is 1. The third-order valence-corrected chi connectivity index (χ3v) is 4.78. The Morgan fingerprint density at radius 1 is 1.14 bits per heavy atom. The molecule has 142 valence electrons. The van der Waals surface area contributed by atoms with Crippen molar-refractivity contribution in [1.29, 1.82) is 0 Å². The normalized spacial score (nSPS) is 11.7. The number of alkyl halides is 3. The maximum Gasteiger partial charge on any atom is 0.433 e. The number of nitrogens with zero attached hydrogens (tertiary/aromatic N) is 4. The minimum atomic E-state index is -4.69. The van der Waals surface area contributed by atoms with Crippen molar-refractivity contribution in [1.82, 2.24) is 19.6 Å². The molecular weight excluding hydrogens is 391 g/mol. The molecule has 0 bridgehead atoms. The second-order valence-corrected chi connectivity index (χ2v) is 6.92. The van der Waals surface area contributed by atoms with Crippen molar-refractivity contribution in [2.45, 2.75) is 13.1 Å². The second-order valence-electron chi connectivity index (χ2n) is 5.97. The summed E-state index contributed by atoms with van der Waals surface area (Å²) in [4.78, 5) is 21.0. The number of hydrogen-bond acceptors (Lipinski definition) is 5. The Kier molecular flexibility index (Phi) is 4.34. The summed E-state index contributed by atoms with van der Waals surface area (Å²) in [5, 5.41) is 8.03. The molecule has 0 aliphatic carbocycles. The average Bonchev–Trinajstić information content (AvgIpc) is 3.31. The van der Waals surface area contributed by atoms with Crippen molar-refractivity contribution in [2.24, 2.45) is 0 Å². The molecule has 10 heteroatoms. The van der Waals surface area contributed by atoms with Gasteiger partial charge in [0.05, 0.1) is 10.6 Å². The Bertz CT molecular complexity index is 1150. The number of benzene rings is 1. The summed E-state index contributed by atoms with van der Waals surface area (Å²) in [5.74, 6) is -1.42. The van der Waals surface area contributed by atoms with Crippen molar-refractivity contribution in [3.63, 3.8) is 0 Å². The fourth-order valence-corrected chi connectivity index (χ4v) is 3.23. The third kappa shape index (κ3) is 3.46. The quantitative estimate of drug-likeness (QED) is 0.549. The molecule has 1 N–H and O–H groups in total. The number of anilines is 1. The zero-order valence-corrected chi connectivity index (χ0v) is 15.2. The van der Waals surface area contributed by atoms with Gasteiger partial charge in [-0.2, -0.15) is 22.7 Å². The van der Waals surface area contributed by atoms with E-state index in [0.29, 0.717) is 15.1 Å². The molecule has 0 aliphatic rings. The number of fused-ring (bicyclic) bond motifs is 1. The summed E-state index contributed by atoms with van der Waals surface area (Å²) in [5.41, 5.74) is 0.553. The summed E-state index contributed by atoms with van der Waals surface area (Å²) in [6.07, 6.45) is -4.69.